The lowest BCUT2D eigenvalue weighted by atomic mass is 10.1. The monoisotopic (exact) mass is 326 g/mol. The fourth-order valence-electron chi connectivity index (χ4n) is 3.28. The Hall–Kier alpha value is -2.70. The second kappa shape index (κ2) is 6.07. The average molecular weight is 326 g/mol. The highest BCUT2D eigenvalue weighted by Gasteiger charge is 2.23. The van der Waals surface area contributed by atoms with Gasteiger partial charge in [0, 0.05) is 5.92 Å². The van der Waals surface area contributed by atoms with Crippen molar-refractivity contribution in [3.63, 3.8) is 0 Å². The van der Waals surface area contributed by atoms with Crippen LogP contribution in [0.25, 0.3) is 10.9 Å². The molecule has 1 aliphatic rings. The zero-order chi connectivity index (χ0) is 16.5. The Labute approximate surface area is 138 Å². The largest absolute Gasteiger partial charge is 0.496 e. The number of fused-ring (bicyclic) bond motifs is 1. The van der Waals surface area contributed by atoms with Crippen LogP contribution in [0.4, 0.5) is 0 Å². The highest BCUT2D eigenvalue weighted by Crippen LogP contribution is 2.32. The molecule has 0 unspecified atom stereocenters. The number of nitrogens with zero attached hydrogens (tertiary/aromatic N) is 4. The molecule has 0 amide bonds. The van der Waals surface area contributed by atoms with Gasteiger partial charge in [-0.2, -0.15) is 4.98 Å². The molecule has 7 nitrogen and oxygen atoms in total. The van der Waals surface area contributed by atoms with Crippen molar-refractivity contribution in [2.24, 2.45) is 0 Å². The van der Waals surface area contributed by atoms with Gasteiger partial charge in [-0.05, 0) is 25.0 Å². The van der Waals surface area contributed by atoms with Gasteiger partial charge in [-0.15, -0.1) is 0 Å². The van der Waals surface area contributed by atoms with Gasteiger partial charge in [-0.3, -0.25) is 9.36 Å². The van der Waals surface area contributed by atoms with Crippen molar-refractivity contribution in [2.45, 2.75) is 38.1 Å². The SMILES string of the molecule is COc1cccc2ncn(Cc3noc(C4CCCC4)n3)c(=O)c12. The summed E-state index contributed by atoms with van der Waals surface area (Å²) in [4.78, 5) is 21.5. The van der Waals surface area contributed by atoms with Crippen molar-refractivity contribution in [1.29, 1.82) is 0 Å². The van der Waals surface area contributed by atoms with Gasteiger partial charge in [0.25, 0.3) is 5.56 Å². The first-order valence-corrected chi connectivity index (χ1v) is 8.11. The third kappa shape index (κ3) is 2.55. The summed E-state index contributed by atoms with van der Waals surface area (Å²) in [5.74, 6) is 2.05. The normalized spacial score (nSPS) is 15.2. The standard InChI is InChI=1S/C17H18N4O3/c1-23-13-8-4-7-12-15(13)17(22)21(10-18-12)9-14-19-16(24-20-14)11-5-2-3-6-11/h4,7-8,10-11H,2-3,5-6,9H2,1H3. The van der Waals surface area contributed by atoms with Crippen LogP contribution in [-0.4, -0.2) is 26.8 Å². The molecule has 1 aliphatic carbocycles. The van der Waals surface area contributed by atoms with E-state index in [1.807, 2.05) is 6.07 Å². The second-order valence-electron chi connectivity index (χ2n) is 6.06. The number of ether oxygens (including phenoxy) is 1. The highest BCUT2D eigenvalue weighted by molar-refractivity contribution is 5.83. The minimum Gasteiger partial charge on any atom is -0.496 e. The second-order valence-corrected chi connectivity index (χ2v) is 6.06. The van der Waals surface area contributed by atoms with Gasteiger partial charge in [-0.1, -0.05) is 24.1 Å². The maximum Gasteiger partial charge on any atom is 0.265 e. The van der Waals surface area contributed by atoms with E-state index >= 15 is 0 Å². The van der Waals surface area contributed by atoms with Crippen LogP contribution in [0, 0.1) is 0 Å². The molecule has 3 aromatic rings. The Bertz CT molecular complexity index is 925. The minimum absolute atomic E-state index is 0.176. The fourth-order valence-corrected chi connectivity index (χ4v) is 3.28. The van der Waals surface area contributed by atoms with Crippen molar-refractivity contribution in [2.75, 3.05) is 7.11 Å². The third-order valence-corrected chi connectivity index (χ3v) is 4.54. The summed E-state index contributed by atoms with van der Waals surface area (Å²) in [6.07, 6.45) is 6.11. The highest BCUT2D eigenvalue weighted by atomic mass is 16.5. The molecule has 1 fully saturated rings. The van der Waals surface area contributed by atoms with E-state index in [9.17, 15) is 4.79 Å². The van der Waals surface area contributed by atoms with Crippen LogP contribution in [0.1, 0.15) is 43.3 Å². The van der Waals surface area contributed by atoms with Gasteiger partial charge in [0.1, 0.15) is 11.1 Å². The van der Waals surface area contributed by atoms with E-state index in [1.54, 1.807) is 19.2 Å². The van der Waals surface area contributed by atoms with E-state index in [-0.39, 0.29) is 12.1 Å². The number of benzene rings is 1. The summed E-state index contributed by atoms with van der Waals surface area (Å²) in [5, 5.41) is 4.48. The molecule has 0 radical (unpaired) electrons. The molecule has 0 saturated heterocycles. The summed E-state index contributed by atoms with van der Waals surface area (Å²) >= 11 is 0. The molecule has 0 bridgehead atoms. The molecular weight excluding hydrogens is 308 g/mol. The molecule has 0 aliphatic heterocycles. The van der Waals surface area contributed by atoms with Crippen molar-refractivity contribution in [1.82, 2.24) is 19.7 Å². The van der Waals surface area contributed by atoms with Crippen LogP contribution < -0.4 is 10.3 Å². The summed E-state index contributed by atoms with van der Waals surface area (Å²) in [5.41, 5.74) is 0.431. The minimum atomic E-state index is -0.176. The summed E-state index contributed by atoms with van der Waals surface area (Å²) in [7, 11) is 1.54. The average Bonchev–Trinajstić information content (AvgIpc) is 3.28. The summed E-state index contributed by atoms with van der Waals surface area (Å²) in [6.45, 7) is 0.232. The number of rotatable bonds is 4. The molecule has 2 heterocycles. The Morgan fingerprint density at radius 1 is 1.33 bits per heavy atom. The van der Waals surface area contributed by atoms with Crippen molar-refractivity contribution in [3.8, 4) is 5.75 Å². The van der Waals surface area contributed by atoms with Crippen molar-refractivity contribution in [3.05, 3.63) is 46.6 Å². The van der Waals surface area contributed by atoms with Gasteiger partial charge in [-0.25, -0.2) is 4.98 Å². The predicted molar refractivity (Wildman–Crippen MR) is 87.2 cm³/mol. The third-order valence-electron chi connectivity index (χ3n) is 4.54. The lowest BCUT2D eigenvalue weighted by molar-refractivity contribution is 0.349. The molecule has 1 aromatic carbocycles. The van der Waals surface area contributed by atoms with Crippen molar-refractivity contribution < 1.29 is 9.26 Å². The number of hydrogen-bond donors (Lipinski definition) is 0. The quantitative estimate of drug-likeness (QED) is 0.732. The van der Waals surface area contributed by atoms with Crippen molar-refractivity contribution >= 4 is 10.9 Å². The Balaban J connectivity index is 1.67. The smallest absolute Gasteiger partial charge is 0.265 e. The van der Waals surface area contributed by atoms with E-state index in [0.717, 1.165) is 12.8 Å². The molecular formula is C17H18N4O3. The van der Waals surface area contributed by atoms with Gasteiger partial charge in [0.05, 0.1) is 25.5 Å². The van der Waals surface area contributed by atoms with E-state index in [0.29, 0.717) is 34.3 Å². The topological polar surface area (TPSA) is 83.0 Å². The zero-order valence-electron chi connectivity index (χ0n) is 13.4. The fraction of sp³-hybridized carbons (Fsp3) is 0.412. The van der Waals surface area contributed by atoms with Gasteiger partial charge >= 0.3 is 0 Å². The van der Waals surface area contributed by atoms with E-state index in [4.69, 9.17) is 9.26 Å². The van der Waals surface area contributed by atoms with Crippen LogP contribution in [-0.2, 0) is 6.54 Å². The van der Waals surface area contributed by atoms with Crippen LogP contribution in [0.2, 0.25) is 0 Å². The van der Waals surface area contributed by atoms with E-state index < -0.39 is 0 Å². The molecule has 0 spiro atoms. The zero-order valence-corrected chi connectivity index (χ0v) is 13.4. The van der Waals surface area contributed by atoms with Crippen LogP contribution in [0.15, 0.2) is 33.8 Å². The summed E-state index contributed by atoms with van der Waals surface area (Å²) in [6, 6.07) is 5.35. The van der Waals surface area contributed by atoms with Crippen LogP contribution >= 0.6 is 0 Å². The Morgan fingerprint density at radius 2 is 2.17 bits per heavy atom. The molecule has 2 aromatic heterocycles. The number of hydrogen-bond acceptors (Lipinski definition) is 6. The lowest BCUT2D eigenvalue weighted by Crippen LogP contribution is -2.22. The van der Waals surface area contributed by atoms with Gasteiger partial charge in [0.2, 0.25) is 5.89 Å². The molecule has 124 valence electrons. The predicted octanol–water partition coefficient (Wildman–Crippen LogP) is 2.49. The maximum absolute atomic E-state index is 12.7. The Kier molecular flexibility index (Phi) is 3.76. The molecule has 0 N–H and O–H groups in total. The number of aromatic nitrogens is 4. The maximum atomic E-state index is 12.7. The first kappa shape index (κ1) is 14.9. The molecule has 7 heteroatoms. The van der Waals surface area contributed by atoms with Crippen LogP contribution in [0.3, 0.4) is 0 Å². The molecule has 4 rings (SSSR count). The number of methoxy groups -OCH3 is 1. The van der Waals surface area contributed by atoms with Gasteiger partial charge < -0.3 is 9.26 Å². The summed E-state index contributed by atoms with van der Waals surface area (Å²) < 4.78 is 12.1. The lowest BCUT2D eigenvalue weighted by Gasteiger charge is -2.07. The Morgan fingerprint density at radius 3 is 2.96 bits per heavy atom. The molecule has 24 heavy (non-hydrogen) atoms. The van der Waals surface area contributed by atoms with E-state index in [1.165, 1.54) is 23.7 Å². The van der Waals surface area contributed by atoms with E-state index in [2.05, 4.69) is 15.1 Å². The first-order chi connectivity index (χ1) is 11.8. The molecule has 0 atom stereocenters. The van der Waals surface area contributed by atoms with Gasteiger partial charge in [0.15, 0.2) is 5.82 Å². The first-order valence-electron chi connectivity index (χ1n) is 8.11. The molecule has 1 saturated carbocycles. The van der Waals surface area contributed by atoms with Crippen LogP contribution in [0.5, 0.6) is 5.75 Å².